The van der Waals surface area contributed by atoms with Crippen molar-refractivity contribution in [3.8, 4) is 0 Å². The van der Waals surface area contributed by atoms with Crippen LogP contribution >= 0.6 is 11.8 Å². The van der Waals surface area contributed by atoms with E-state index < -0.39 is 11.2 Å². The Morgan fingerprint density at radius 2 is 1.96 bits per heavy atom. The Balaban J connectivity index is 2.02. The number of aromatic nitrogens is 4. The van der Waals surface area contributed by atoms with Crippen molar-refractivity contribution >= 4 is 28.7 Å². The lowest BCUT2D eigenvalue weighted by Gasteiger charge is -2.08. The van der Waals surface area contributed by atoms with Crippen LogP contribution < -0.4 is 11.2 Å². The van der Waals surface area contributed by atoms with E-state index in [2.05, 4.69) is 16.5 Å². The molecule has 3 rings (SSSR count). The number of aromatic amines is 1. The fourth-order valence-corrected chi connectivity index (χ4v) is 3.47. The van der Waals surface area contributed by atoms with Gasteiger partial charge in [-0.3, -0.25) is 19.1 Å². The Kier molecular flexibility index (Phi) is 4.94. The largest absolute Gasteiger partial charge is 0.329 e. The number of hydrogen-bond donors (Lipinski definition) is 1. The van der Waals surface area contributed by atoms with E-state index in [1.54, 1.807) is 23.7 Å². The molecule has 7 nitrogen and oxygen atoms in total. The lowest BCUT2D eigenvalue weighted by molar-refractivity contribution is 0.102. The van der Waals surface area contributed by atoms with Gasteiger partial charge in [0.1, 0.15) is 0 Å². The summed E-state index contributed by atoms with van der Waals surface area (Å²) in [5, 5.41) is 0.499. The molecule has 0 unspecified atom stereocenters. The van der Waals surface area contributed by atoms with Gasteiger partial charge >= 0.3 is 5.69 Å². The summed E-state index contributed by atoms with van der Waals surface area (Å²) in [4.78, 5) is 43.2. The third-order valence-electron chi connectivity index (χ3n) is 3.83. The maximum atomic E-state index is 12.4. The zero-order valence-electron chi connectivity index (χ0n) is 14.5. The van der Waals surface area contributed by atoms with Crippen LogP contribution in [0.1, 0.15) is 17.3 Å². The number of rotatable bonds is 6. The van der Waals surface area contributed by atoms with E-state index in [0.717, 1.165) is 5.57 Å². The van der Waals surface area contributed by atoms with Gasteiger partial charge in [-0.25, -0.2) is 9.78 Å². The second kappa shape index (κ2) is 7.17. The van der Waals surface area contributed by atoms with Crippen molar-refractivity contribution in [2.24, 2.45) is 7.05 Å². The molecule has 0 saturated carbocycles. The molecule has 0 radical (unpaired) electrons. The van der Waals surface area contributed by atoms with Crippen LogP contribution in [0.3, 0.4) is 0 Å². The lowest BCUT2D eigenvalue weighted by Crippen LogP contribution is -2.29. The molecule has 8 heteroatoms. The molecule has 1 aromatic carbocycles. The number of aryl methyl sites for hydroxylation is 1. The standard InChI is InChI=1S/C18H18N4O3S/c1-11(2)9-22-14-15(21(3)17(25)20-16(14)24)19-18(22)26-10-13(23)12-7-5-4-6-8-12/h4-8H,1,9-10H2,2-3H3,(H,20,24,25). The molecule has 0 aliphatic rings. The Labute approximate surface area is 153 Å². The van der Waals surface area contributed by atoms with E-state index in [1.807, 2.05) is 25.1 Å². The van der Waals surface area contributed by atoms with Crippen LogP contribution in [0.15, 0.2) is 57.2 Å². The first-order valence-corrected chi connectivity index (χ1v) is 8.92. The van der Waals surface area contributed by atoms with Gasteiger partial charge in [-0.1, -0.05) is 54.2 Å². The summed E-state index contributed by atoms with van der Waals surface area (Å²) < 4.78 is 2.98. The number of H-pyrrole nitrogens is 1. The molecule has 0 amide bonds. The molecule has 0 bridgehead atoms. The van der Waals surface area contributed by atoms with Crippen LogP contribution in [0, 0.1) is 0 Å². The number of ketones is 1. The van der Waals surface area contributed by atoms with Crippen LogP contribution in [0.25, 0.3) is 11.2 Å². The van der Waals surface area contributed by atoms with Crippen molar-refractivity contribution in [2.75, 3.05) is 5.75 Å². The molecule has 134 valence electrons. The zero-order chi connectivity index (χ0) is 18.8. The first-order chi connectivity index (χ1) is 12.4. The van der Waals surface area contributed by atoms with Crippen LogP contribution in [-0.4, -0.2) is 30.6 Å². The summed E-state index contributed by atoms with van der Waals surface area (Å²) in [7, 11) is 1.54. The predicted octanol–water partition coefficient (Wildman–Crippen LogP) is 1.97. The van der Waals surface area contributed by atoms with Crippen molar-refractivity contribution in [3.05, 3.63) is 68.9 Å². The summed E-state index contributed by atoms with van der Waals surface area (Å²) >= 11 is 1.23. The van der Waals surface area contributed by atoms with Gasteiger partial charge < -0.3 is 4.57 Å². The molecule has 0 fully saturated rings. The summed E-state index contributed by atoms with van der Waals surface area (Å²) in [6.07, 6.45) is 0. The van der Waals surface area contributed by atoms with Crippen LogP contribution in [0.2, 0.25) is 0 Å². The molecule has 1 N–H and O–H groups in total. The Bertz CT molecular complexity index is 1110. The third-order valence-corrected chi connectivity index (χ3v) is 4.80. The molecule has 2 aromatic heterocycles. The number of imidazole rings is 1. The molecule has 2 heterocycles. The normalized spacial score (nSPS) is 11.0. The number of carbonyl (C=O) groups excluding carboxylic acids is 1. The van der Waals surface area contributed by atoms with Gasteiger partial charge in [-0.05, 0) is 6.92 Å². The molecule has 0 atom stereocenters. The van der Waals surface area contributed by atoms with Crippen molar-refractivity contribution in [1.29, 1.82) is 0 Å². The van der Waals surface area contributed by atoms with Crippen molar-refractivity contribution in [1.82, 2.24) is 19.1 Å². The van der Waals surface area contributed by atoms with Gasteiger partial charge in [0.25, 0.3) is 5.56 Å². The van der Waals surface area contributed by atoms with E-state index in [1.165, 1.54) is 16.3 Å². The smallest absolute Gasteiger partial charge is 0.309 e. The molecule has 0 spiro atoms. The number of allylic oxidation sites excluding steroid dienone is 1. The summed E-state index contributed by atoms with van der Waals surface area (Å²) in [6.45, 7) is 6.10. The van der Waals surface area contributed by atoms with Crippen LogP contribution in [-0.2, 0) is 13.6 Å². The molecule has 3 aromatic rings. The van der Waals surface area contributed by atoms with E-state index in [0.29, 0.717) is 22.8 Å². The van der Waals surface area contributed by atoms with Gasteiger partial charge in [0.15, 0.2) is 22.1 Å². The van der Waals surface area contributed by atoms with E-state index >= 15 is 0 Å². The number of nitrogens with one attached hydrogen (secondary N) is 1. The first-order valence-electron chi connectivity index (χ1n) is 7.93. The minimum absolute atomic E-state index is 0.0349. The van der Waals surface area contributed by atoms with Gasteiger partial charge in [0, 0.05) is 19.2 Å². The van der Waals surface area contributed by atoms with Crippen LogP contribution in [0.4, 0.5) is 0 Å². The van der Waals surface area contributed by atoms with Gasteiger partial charge in [-0.2, -0.15) is 0 Å². The zero-order valence-corrected chi connectivity index (χ0v) is 15.3. The highest BCUT2D eigenvalue weighted by molar-refractivity contribution is 7.99. The van der Waals surface area contributed by atoms with Crippen molar-refractivity contribution in [2.45, 2.75) is 18.6 Å². The second-order valence-corrected chi connectivity index (χ2v) is 6.95. The van der Waals surface area contributed by atoms with Crippen LogP contribution in [0.5, 0.6) is 0 Å². The second-order valence-electron chi connectivity index (χ2n) is 6.01. The minimum Gasteiger partial charge on any atom is -0.309 e. The number of thioether (sulfide) groups is 1. The number of fused-ring (bicyclic) bond motifs is 1. The van der Waals surface area contributed by atoms with Gasteiger partial charge in [-0.15, -0.1) is 0 Å². The predicted molar refractivity (Wildman–Crippen MR) is 102 cm³/mol. The number of benzene rings is 1. The fourth-order valence-electron chi connectivity index (χ4n) is 2.58. The monoisotopic (exact) mass is 370 g/mol. The van der Waals surface area contributed by atoms with E-state index in [-0.39, 0.29) is 17.2 Å². The van der Waals surface area contributed by atoms with Crippen molar-refractivity contribution in [3.63, 3.8) is 0 Å². The Hall–Kier alpha value is -2.87. The maximum absolute atomic E-state index is 12.4. The highest BCUT2D eigenvalue weighted by Gasteiger charge is 2.18. The third kappa shape index (κ3) is 3.41. The molecule has 0 aliphatic carbocycles. The van der Waals surface area contributed by atoms with E-state index in [4.69, 9.17) is 0 Å². The highest BCUT2D eigenvalue weighted by Crippen LogP contribution is 2.23. The van der Waals surface area contributed by atoms with Crippen molar-refractivity contribution < 1.29 is 4.79 Å². The Morgan fingerprint density at radius 1 is 1.27 bits per heavy atom. The number of carbonyl (C=O) groups is 1. The number of hydrogen-bond acceptors (Lipinski definition) is 5. The average molecular weight is 370 g/mol. The fraction of sp³-hybridized carbons (Fsp3) is 0.222. The number of Topliss-reactive ketones (excluding diaryl/α,β-unsaturated/α-hetero) is 1. The summed E-state index contributed by atoms with van der Waals surface area (Å²) in [6, 6.07) is 8.98. The number of nitrogens with zero attached hydrogens (tertiary/aromatic N) is 3. The SMILES string of the molecule is C=C(C)Cn1c(SCC(=O)c2ccccc2)nc2c1c(=O)[nH]c(=O)n2C. The van der Waals surface area contributed by atoms with Gasteiger partial charge in [0.2, 0.25) is 0 Å². The molecular weight excluding hydrogens is 352 g/mol. The molecular formula is C18H18N4O3S. The average Bonchev–Trinajstić information content (AvgIpc) is 2.97. The first kappa shape index (κ1) is 17.9. The van der Waals surface area contributed by atoms with E-state index in [9.17, 15) is 14.4 Å². The quantitative estimate of drug-likeness (QED) is 0.407. The Morgan fingerprint density at radius 3 is 2.62 bits per heavy atom. The highest BCUT2D eigenvalue weighted by atomic mass is 32.2. The van der Waals surface area contributed by atoms with Gasteiger partial charge in [0.05, 0.1) is 5.75 Å². The minimum atomic E-state index is -0.528. The molecule has 26 heavy (non-hydrogen) atoms. The molecule has 0 saturated heterocycles. The summed E-state index contributed by atoms with van der Waals surface area (Å²) in [5.41, 5.74) is 0.999. The molecule has 0 aliphatic heterocycles. The maximum Gasteiger partial charge on any atom is 0.329 e. The lowest BCUT2D eigenvalue weighted by atomic mass is 10.2. The topological polar surface area (TPSA) is 89.8 Å². The summed E-state index contributed by atoms with van der Waals surface area (Å²) in [5.74, 6) is 0.141.